The van der Waals surface area contributed by atoms with Crippen molar-refractivity contribution < 1.29 is 14.4 Å². The van der Waals surface area contributed by atoms with E-state index >= 15 is 0 Å². The van der Waals surface area contributed by atoms with Crippen LogP contribution in [0.2, 0.25) is 0 Å². The Bertz CT molecular complexity index is 1160. The molecule has 3 unspecified atom stereocenters. The van der Waals surface area contributed by atoms with Crippen LogP contribution in [0, 0.1) is 30.6 Å². The van der Waals surface area contributed by atoms with Gasteiger partial charge in [-0.3, -0.25) is 9.59 Å². The number of carbonyl (C=O) groups excluding carboxylic acids is 3. The minimum atomic E-state index is -0.622. The summed E-state index contributed by atoms with van der Waals surface area (Å²) in [5.74, 6) is 2.57. The van der Waals surface area contributed by atoms with Gasteiger partial charge in [-0.2, -0.15) is 0 Å². The van der Waals surface area contributed by atoms with Crippen molar-refractivity contribution >= 4 is 24.0 Å². The number of nitrogens with one attached hydrogen (secondary N) is 3. The molecule has 0 spiro atoms. The van der Waals surface area contributed by atoms with Crippen LogP contribution < -0.4 is 16.0 Å². The van der Waals surface area contributed by atoms with E-state index in [4.69, 9.17) is 0 Å². The molecule has 5 aliphatic rings. The molecule has 3 atom stereocenters. The lowest BCUT2D eigenvalue weighted by Gasteiger charge is -2.58. The van der Waals surface area contributed by atoms with Gasteiger partial charge in [0.05, 0.1) is 12.1 Å². The largest absolute Gasteiger partial charge is 0.349 e. The molecule has 2 aromatic rings. The van der Waals surface area contributed by atoms with Crippen LogP contribution in [-0.4, -0.2) is 41.4 Å². The summed E-state index contributed by atoms with van der Waals surface area (Å²) in [4.78, 5) is 41.2. The zero-order valence-corrected chi connectivity index (χ0v) is 22.7. The van der Waals surface area contributed by atoms with Crippen molar-refractivity contribution in [3.63, 3.8) is 0 Å². The topological polar surface area (TPSA) is 90.5 Å². The molecule has 1 heterocycles. The fourth-order valence-electron chi connectivity index (χ4n) is 8.33. The third kappa shape index (κ3) is 5.41. The summed E-state index contributed by atoms with van der Waals surface area (Å²) in [5, 5.41) is 8.97. The molecule has 3 N–H and O–H groups in total. The number of benzene rings is 2. The van der Waals surface area contributed by atoms with E-state index in [0.717, 1.165) is 42.2 Å². The average Bonchev–Trinajstić information content (AvgIpc) is 3.10. The molecular weight excluding hydrogens is 488 g/mol. The number of urea groups is 1. The maximum absolute atomic E-state index is 13.5. The van der Waals surface area contributed by atoms with E-state index < -0.39 is 6.04 Å². The number of nitrogens with zero attached hydrogens (tertiary/aromatic N) is 1. The van der Waals surface area contributed by atoms with Gasteiger partial charge in [0.25, 0.3) is 0 Å². The molecule has 7 nitrogen and oxygen atoms in total. The summed E-state index contributed by atoms with van der Waals surface area (Å²) < 4.78 is 0. The van der Waals surface area contributed by atoms with Crippen molar-refractivity contribution in [2.75, 3.05) is 5.32 Å². The first-order chi connectivity index (χ1) is 19.0. The van der Waals surface area contributed by atoms with Crippen LogP contribution in [0.15, 0.2) is 54.6 Å². The maximum atomic E-state index is 13.5. The molecule has 4 amide bonds. The second kappa shape index (κ2) is 11.0. The molecule has 0 radical (unpaired) electrons. The second-order valence-corrected chi connectivity index (χ2v) is 12.4. The Morgan fingerprint density at radius 3 is 2.26 bits per heavy atom. The molecule has 4 aliphatic carbocycles. The third-order valence-corrected chi connectivity index (χ3v) is 9.75. The third-order valence-electron chi connectivity index (χ3n) is 9.75. The predicted molar refractivity (Wildman–Crippen MR) is 151 cm³/mol. The molecule has 5 fully saturated rings. The van der Waals surface area contributed by atoms with Gasteiger partial charge in [0.15, 0.2) is 0 Å². The van der Waals surface area contributed by atoms with Crippen LogP contribution in [0.4, 0.5) is 10.5 Å². The Hall–Kier alpha value is -3.35. The van der Waals surface area contributed by atoms with Gasteiger partial charge in [0.2, 0.25) is 12.3 Å². The van der Waals surface area contributed by atoms with E-state index in [2.05, 4.69) is 33.0 Å². The van der Waals surface area contributed by atoms with Crippen LogP contribution >= 0.6 is 0 Å². The smallest absolute Gasteiger partial charge is 0.319 e. The SMILES string of the molecule is Cc1ccc(NC(=O)NC2CCCC(C(c3ccccc3)N(C=O)C3C4CC5CC(C4)CC3C5)NC2=O)cc1. The Kier molecular flexibility index (Phi) is 7.32. The Balaban J connectivity index is 1.20. The molecule has 2 aromatic carbocycles. The van der Waals surface area contributed by atoms with Gasteiger partial charge in [-0.1, -0.05) is 48.0 Å². The molecule has 39 heavy (non-hydrogen) atoms. The van der Waals surface area contributed by atoms with Crippen molar-refractivity contribution in [2.24, 2.45) is 23.7 Å². The van der Waals surface area contributed by atoms with E-state index in [9.17, 15) is 14.4 Å². The zero-order chi connectivity index (χ0) is 26.9. The summed E-state index contributed by atoms with van der Waals surface area (Å²) in [7, 11) is 0. The fourth-order valence-corrected chi connectivity index (χ4v) is 8.33. The van der Waals surface area contributed by atoms with E-state index in [1.165, 1.54) is 32.1 Å². The normalized spacial score (nSPS) is 32.0. The van der Waals surface area contributed by atoms with E-state index in [1.54, 1.807) is 0 Å². The van der Waals surface area contributed by atoms with Crippen LogP contribution in [0.1, 0.15) is 68.5 Å². The lowest BCUT2D eigenvalue weighted by molar-refractivity contribution is -0.138. The highest BCUT2D eigenvalue weighted by Crippen LogP contribution is 2.56. The highest BCUT2D eigenvalue weighted by molar-refractivity contribution is 5.93. The van der Waals surface area contributed by atoms with E-state index in [1.807, 2.05) is 49.4 Å². The zero-order valence-electron chi connectivity index (χ0n) is 22.7. The standard InChI is InChI=1S/C32H40N4O3/c1-20-10-12-26(13-11-20)33-32(39)35-28-9-5-8-27(34-31(28)38)30(23-6-3-2-4-7-23)36(19-37)29-24-15-21-14-22(17-24)18-25(29)16-21/h2-4,6-7,10-13,19,21-22,24-25,27-30H,5,8-9,14-18H2,1H3,(H,34,38)(H2,33,35,39). The number of carbonyl (C=O) groups is 3. The molecular formula is C32H40N4O3. The minimum absolute atomic E-state index is 0.187. The first-order valence-electron chi connectivity index (χ1n) is 14.7. The molecule has 4 bridgehead atoms. The van der Waals surface area contributed by atoms with Crippen LogP contribution in [-0.2, 0) is 9.59 Å². The van der Waals surface area contributed by atoms with Gasteiger partial charge in [-0.15, -0.1) is 0 Å². The summed E-state index contributed by atoms with van der Waals surface area (Å²) in [5.41, 5.74) is 2.86. The molecule has 4 saturated carbocycles. The summed E-state index contributed by atoms with van der Waals surface area (Å²) >= 11 is 0. The Morgan fingerprint density at radius 2 is 1.62 bits per heavy atom. The molecule has 7 heteroatoms. The molecule has 7 rings (SSSR count). The Morgan fingerprint density at radius 1 is 0.949 bits per heavy atom. The number of hydrogen-bond acceptors (Lipinski definition) is 3. The van der Waals surface area contributed by atoms with Gasteiger partial charge in [0, 0.05) is 11.7 Å². The van der Waals surface area contributed by atoms with Crippen molar-refractivity contribution in [1.82, 2.24) is 15.5 Å². The molecule has 206 valence electrons. The van der Waals surface area contributed by atoms with Crippen LogP contribution in [0.3, 0.4) is 0 Å². The molecule has 1 aliphatic heterocycles. The predicted octanol–water partition coefficient (Wildman–Crippen LogP) is 5.18. The van der Waals surface area contributed by atoms with Crippen molar-refractivity contribution in [2.45, 2.75) is 82.5 Å². The first-order valence-corrected chi connectivity index (χ1v) is 14.7. The second-order valence-electron chi connectivity index (χ2n) is 12.4. The number of aryl methyl sites for hydroxylation is 1. The van der Waals surface area contributed by atoms with Gasteiger partial charge >= 0.3 is 6.03 Å². The molecule has 0 aromatic heterocycles. The minimum Gasteiger partial charge on any atom is -0.349 e. The Labute approximate surface area is 231 Å². The van der Waals surface area contributed by atoms with Crippen molar-refractivity contribution in [3.8, 4) is 0 Å². The van der Waals surface area contributed by atoms with E-state index in [-0.39, 0.29) is 30.1 Å². The van der Waals surface area contributed by atoms with Crippen LogP contribution in [0.5, 0.6) is 0 Å². The highest BCUT2D eigenvalue weighted by Gasteiger charge is 2.52. The summed E-state index contributed by atoms with van der Waals surface area (Å²) in [6.45, 7) is 1.99. The lowest BCUT2D eigenvalue weighted by Crippen LogP contribution is -2.59. The fraction of sp³-hybridized carbons (Fsp3) is 0.531. The van der Waals surface area contributed by atoms with Crippen LogP contribution in [0.25, 0.3) is 0 Å². The van der Waals surface area contributed by atoms with Gasteiger partial charge in [0.1, 0.15) is 6.04 Å². The number of anilines is 1. The monoisotopic (exact) mass is 528 g/mol. The number of rotatable bonds is 7. The number of hydrogen-bond donors (Lipinski definition) is 3. The summed E-state index contributed by atoms with van der Waals surface area (Å²) in [6, 6.07) is 16.5. The summed E-state index contributed by atoms with van der Waals surface area (Å²) in [6.07, 6.45) is 9.41. The quantitative estimate of drug-likeness (QED) is 0.433. The first kappa shape index (κ1) is 25.9. The lowest BCUT2D eigenvalue weighted by atomic mass is 9.53. The van der Waals surface area contributed by atoms with Gasteiger partial charge in [-0.05, 0) is 99.7 Å². The van der Waals surface area contributed by atoms with Gasteiger partial charge in [-0.25, -0.2) is 4.79 Å². The molecule has 1 saturated heterocycles. The number of amides is 4. The van der Waals surface area contributed by atoms with Crippen molar-refractivity contribution in [1.29, 1.82) is 0 Å². The maximum Gasteiger partial charge on any atom is 0.319 e. The highest BCUT2D eigenvalue weighted by atomic mass is 16.2. The van der Waals surface area contributed by atoms with E-state index in [0.29, 0.717) is 23.9 Å². The average molecular weight is 529 g/mol. The van der Waals surface area contributed by atoms with Crippen molar-refractivity contribution in [3.05, 3.63) is 65.7 Å². The van der Waals surface area contributed by atoms with Gasteiger partial charge < -0.3 is 20.9 Å².